The summed E-state index contributed by atoms with van der Waals surface area (Å²) in [6.07, 6.45) is 2.72. The first-order chi connectivity index (χ1) is 16.5. The molecule has 0 N–H and O–H groups in total. The fraction of sp³-hybridized carbons (Fsp3) is 0.214. The number of nitrogens with zero attached hydrogens (tertiary/aromatic N) is 1. The normalized spacial score (nSPS) is 15.1. The maximum Gasteiger partial charge on any atom is 0.363 e. The number of cyclic esters (lactones) is 1. The van der Waals surface area contributed by atoms with Crippen molar-refractivity contribution in [2.24, 2.45) is 4.99 Å². The zero-order chi connectivity index (χ0) is 23.9. The summed E-state index contributed by atoms with van der Waals surface area (Å²) in [7, 11) is 0. The van der Waals surface area contributed by atoms with Crippen LogP contribution in [0.5, 0.6) is 11.5 Å². The van der Waals surface area contributed by atoms with Gasteiger partial charge < -0.3 is 14.2 Å². The van der Waals surface area contributed by atoms with E-state index in [1.807, 2.05) is 42.5 Å². The lowest BCUT2D eigenvalue weighted by atomic mass is 9.99. The van der Waals surface area contributed by atoms with E-state index in [1.54, 1.807) is 24.3 Å². The Kier molecular flexibility index (Phi) is 7.65. The molecule has 0 aromatic heterocycles. The predicted octanol–water partition coefficient (Wildman–Crippen LogP) is 6.66. The maximum absolute atomic E-state index is 12.4. The summed E-state index contributed by atoms with van der Waals surface area (Å²) in [5.74, 6) is 1.65. The Balaban J connectivity index is 1.41. The van der Waals surface area contributed by atoms with E-state index in [0.717, 1.165) is 17.7 Å². The lowest BCUT2D eigenvalue weighted by molar-refractivity contribution is -0.129. The van der Waals surface area contributed by atoms with Gasteiger partial charge in [-0.1, -0.05) is 55.8 Å². The van der Waals surface area contributed by atoms with Crippen LogP contribution in [0.2, 0.25) is 5.02 Å². The van der Waals surface area contributed by atoms with E-state index in [4.69, 9.17) is 25.8 Å². The lowest BCUT2D eigenvalue weighted by Gasteiger charge is -2.12. The van der Waals surface area contributed by atoms with Gasteiger partial charge in [0.15, 0.2) is 5.70 Å². The van der Waals surface area contributed by atoms with Gasteiger partial charge in [-0.25, -0.2) is 9.79 Å². The molecule has 0 bridgehead atoms. The zero-order valence-corrected chi connectivity index (χ0v) is 19.9. The van der Waals surface area contributed by atoms with Crippen molar-refractivity contribution in [3.8, 4) is 11.5 Å². The van der Waals surface area contributed by atoms with E-state index < -0.39 is 5.97 Å². The molecular weight excluding hydrogens is 450 g/mol. The second-order valence-corrected chi connectivity index (χ2v) is 8.40. The number of carbonyl (C=O) groups excluding carboxylic acids is 1. The van der Waals surface area contributed by atoms with Gasteiger partial charge in [-0.3, -0.25) is 0 Å². The highest BCUT2D eigenvalue weighted by atomic mass is 35.5. The van der Waals surface area contributed by atoms with Crippen molar-refractivity contribution >= 4 is 29.5 Å². The first-order valence-corrected chi connectivity index (χ1v) is 11.6. The van der Waals surface area contributed by atoms with Crippen LogP contribution in [0, 0.1) is 0 Å². The van der Waals surface area contributed by atoms with E-state index in [0.29, 0.717) is 35.5 Å². The Morgan fingerprint density at radius 3 is 2.47 bits per heavy atom. The highest BCUT2D eigenvalue weighted by molar-refractivity contribution is 6.30. The molecule has 3 aromatic carbocycles. The maximum atomic E-state index is 12.4. The van der Waals surface area contributed by atoms with Gasteiger partial charge >= 0.3 is 5.97 Å². The molecule has 3 aromatic rings. The van der Waals surface area contributed by atoms with Crippen molar-refractivity contribution in [3.63, 3.8) is 0 Å². The Bertz CT molecular complexity index is 1200. The van der Waals surface area contributed by atoms with Crippen LogP contribution >= 0.6 is 11.6 Å². The van der Waals surface area contributed by atoms with E-state index in [2.05, 4.69) is 31.0 Å². The Labute approximate surface area is 204 Å². The third kappa shape index (κ3) is 5.86. The van der Waals surface area contributed by atoms with E-state index in [9.17, 15) is 4.79 Å². The SMILES string of the molecule is CC[C@H](C)c1ccc(OCCOc2ccc(Cl)cc2/C=C2\N=C(c3ccccc3)OC2=O)cc1. The molecule has 0 saturated heterocycles. The van der Waals surface area contributed by atoms with E-state index >= 15 is 0 Å². The highest BCUT2D eigenvalue weighted by Gasteiger charge is 2.24. The highest BCUT2D eigenvalue weighted by Crippen LogP contribution is 2.28. The average molecular weight is 476 g/mol. The van der Waals surface area contributed by atoms with Crippen LogP contribution in [0.4, 0.5) is 0 Å². The molecule has 5 nitrogen and oxygen atoms in total. The van der Waals surface area contributed by atoms with Gasteiger partial charge in [-0.2, -0.15) is 0 Å². The first-order valence-electron chi connectivity index (χ1n) is 11.3. The molecule has 174 valence electrons. The van der Waals surface area contributed by atoms with Crippen LogP contribution in [-0.2, 0) is 9.53 Å². The number of rotatable bonds is 9. The number of hydrogen-bond donors (Lipinski definition) is 0. The number of ether oxygens (including phenoxy) is 3. The topological polar surface area (TPSA) is 57.1 Å². The number of benzene rings is 3. The molecule has 0 aliphatic carbocycles. The van der Waals surface area contributed by atoms with Crippen molar-refractivity contribution in [2.45, 2.75) is 26.2 Å². The fourth-order valence-corrected chi connectivity index (χ4v) is 3.64. The van der Waals surface area contributed by atoms with Crippen molar-refractivity contribution in [2.75, 3.05) is 13.2 Å². The van der Waals surface area contributed by atoms with Gasteiger partial charge in [0.2, 0.25) is 5.90 Å². The molecule has 34 heavy (non-hydrogen) atoms. The monoisotopic (exact) mass is 475 g/mol. The Hall–Kier alpha value is -3.57. The van der Waals surface area contributed by atoms with Gasteiger partial charge in [-0.15, -0.1) is 0 Å². The standard InChI is InChI=1S/C28H26ClNO4/c1-3-19(2)20-9-12-24(13-10-20)32-15-16-33-26-14-11-23(29)17-22(26)18-25-28(31)34-27(30-25)21-7-5-4-6-8-21/h4-14,17-19H,3,15-16H2,1-2H3/b25-18-/t19-/m0/s1. The molecular formula is C28H26ClNO4. The summed E-state index contributed by atoms with van der Waals surface area (Å²) in [5, 5.41) is 0.524. The molecule has 0 spiro atoms. The molecule has 0 radical (unpaired) electrons. The van der Waals surface area contributed by atoms with Crippen molar-refractivity contribution < 1.29 is 19.0 Å². The van der Waals surface area contributed by atoms with Crippen molar-refractivity contribution in [3.05, 3.63) is 100 Å². The number of carbonyl (C=O) groups is 1. The molecule has 4 rings (SSSR count). The summed E-state index contributed by atoms with van der Waals surface area (Å²) < 4.78 is 17.1. The minimum Gasteiger partial charge on any atom is -0.490 e. The second-order valence-electron chi connectivity index (χ2n) is 7.96. The van der Waals surface area contributed by atoms with Crippen LogP contribution in [0.15, 0.2) is 83.5 Å². The van der Waals surface area contributed by atoms with Crippen LogP contribution in [-0.4, -0.2) is 25.1 Å². The number of esters is 1. The molecule has 0 fully saturated rings. The average Bonchev–Trinajstić information content (AvgIpc) is 3.23. The van der Waals surface area contributed by atoms with Crippen LogP contribution in [0.3, 0.4) is 0 Å². The van der Waals surface area contributed by atoms with Crippen LogP contribution < -0.4 is 9.47 Å². The van der Waals surface area contributed by atoms with E-state index in [-0.39, 0.29) is 11.6 Å². The Morgan fingerprint density at radius 1 is 1.00 bits per heavy atom. The summed E-state index contributed by atoms with van der Waals surface area (Å²) in [4.78, 5) is 16.7. The van der Waals surface area contributed by atoms with Gasteiger partial charge in [0.25, 0.3) is 0 Å². The first kappa shape index (κ1) is 23.6. The van der Waals surface area contributed by atoms with Gasteiger partial charge in [0.05, 0.1) is 0 Å². The molecule has 1 aliphatic heterocycles. The summed E-state index contributed by atoms with van der Waals surface area (Å²) >= 11 is 6.19. The van der Waals surface area contributed by atoms with Gasteiger partial charge in [0, 0.05) is 16.1 Å². The molecule has 0 saturated carbocycles. The van der Waals surface area contributed by atoms with Crippen LogP contribution in [0.25, 0.3) is 6.08 Å². The van der Waals surface area contributed by atoms with Gasteiger partial charge in [-0.05, 0) is 66.4 Å². The number of halogens is 1. The molecule has 0 unspecified atom stereocenters. The zero-order valence-electron chi connectivity index (χ0n) is 19.2. The summed E-state index contributed by atoms with van der Waals surface area (Å²) in [6, 6.07) is 22.6. The summed E-state index contributed by atoms with van der Waals surface area (Å²) in [6.45, 7) is 5.09. The van der Waals surface area contributed by atoms with Crippen LogP contribution in [0.1, 0.15) is 42.9 Å². The quantitative estimate of drug-likeness (QED) is 0.197. The Morgan fingerprint density at radius 2 is 1.74 bits per heavy atom. The second kappa shape index (κ2) is 11.0. The predicted molar refractivity (Wildman–Crippen MR) is 135 cm³/mol. The minimum absolute atomic E-state index is 0.184. The number of hydrogen-bond acceptors (Lipinski definition) is 5. The van der Waals surface area contributed by atoms with Crippen molar-refractivity contribution in [1.82, 2.24) is 0 Å². The summed E-state index contributed by atoms with van der Waals surface area (Å²) in [5.41, 5.74) is 2.85. The molecule has 6 heteroatoms. The van der Waals surface area contributed by atoms with Crippen molar-refractivity contribution in [1.29, 1.82) is 0 Å². The fourth-order valence-electron chi connectivity index (χ4n) is 3.46. The largest absolute Gasteiger partial charge is 0.490 e. The number of aliphatic imine (C=N–C) groups is 1. The third-order valence-corrected chi connectivity index (χ3v) is 5.81. The minimum atomic E-state index is -0.519. The smallest absolute Gasteiger partial charge is 0.363 e. The molecule has 1 heterocycles. The molecule has 0 amide bonds. The lowest BCUT2D eigenvalue weighted by Crippen LogP contribution is -2.09. The molecule has 1 aliphatic rings. The molecule has 1 atom stereocenters. The van der Waals surface area contributed by atoms with Gasteiger partial charge in [0.1, 0.15) is 24.7 Å². The third-order valence-electron chi connectivity index (χ3n) is 5.58. The van der Waals surface area contributed by atoms with E-state index in [1.165, 1.54) is 5.56 Å².